The molecule has 1 saturated heterocycles. The summed E-state index contributed by atoms with van der Waals surface area (Å²) in [5.74, 6) is 0.625. The van der Waals surface area contributed by atoms with E-state index in [1.54, 1.807) is 0 Å². The fourth-order valence-corrected chi connectivity index (χ4v) is 8.13. The Morgan fingerprint density at radius 3 is 2.40 bits per heavy atom. The lowest BCUT2D eigenvalue weighted by Gasteiger charge is -2.25. The van der Waals surface area contributed by atoms with Crippen LogP contribution >= 0.6 is 0 Å². The first-order valence-electron chi connectivity index (χ1n) is 13.8. The van der Waals surface area contributed by atoms with Crippen molar-refractivity contribution in [1.82, 2.24) is 9.62 Å². The molecule has 1 aromatic rings. The zero-order valence-corrected chi connectivity index (χ0v) is 25.3. The van der Waals surface area contributed by atoms with Crippen molar-refractivity contribution in [2.75, 3.05) is 25.6 Å². The third-order valence-electron chi connectivity index (χ3n) is 7.80. The van der Waals surface area contributed by atoms with Gasteiger partial charge in [-0.2, -0.15) is 4.99 Å². The monoisotopic (exact) mass is 589 g/mol. The van der Waals surface area contributed by atoms with Gasteiger partial charge in [0, 0.05) is 24.7 Å². The summed E-state index contributed by atoms with van der Waals surface area (Å²) >= 11 is 0. The van der Waals surface area contributed by atoms with Crippen LogP contribution in [0.1, 0.15) is 63.5 Å². The summed E-state index contributed by atoms with van der Waals surface area (Å²) in [6.07, 6.45) is 5.87. The summed E-state index contributed by atoms with van der Waals surface area (Å²) in [6, 6.07) is 7.67. The molecule has 0 aromatic heterocycles. The van der Waals surface area contributed by atoms with E-state index < -0.39 is 25.1 Å². The van der Waals surface area contributed by atoms with Gasteiger partial charge in [-0.1, -0.05) is 37.8 Å². The second-order valence-electron chi connectivity index (χ2n) is 10.7. The van der Waals surface area contributed by atoms with Gasteiger partial charge in [0.05, 0.1) is 22.8 Å². The standard InChI is InChI=1S/C29H39N3O6S2/c1-6-21-11-13-23(14-12-21)26-25(28(33)30-4)20(3)29(38-26)31-27(19(2)22-15-16-22)32(39(5,34)35)17-7-9-24-10-8-18-40(24,36)37/h11-14,22,24H,3,6-10,15-18H2,1-2,4-5H3,(H,30,33). The zero-order valence-electron chi connectivity index (χ0n) is 23.7. The van der Waals surface area contributed by atoms with Crippen molar-refractivity contribution in [2.24, 2.45) is 10.9 Å². The molecule has 3 aliphatic rings. The van der Waals surface area contributed by atoms with Crippen LogP contribution in [0.25, 0.3) is 5.76 Å². The number of allylic oxidation sites excluding steroid dienone is 1. The van der Waals surface area contributed by atoms with Crippen molar-refractivity contribution in [3.05, 3.63) is 64.5 Å². The van der Waals surface area contributed by atoms with Crippen LogP contribution in [0.15, 0.2) is 58.4 Å². The van der Waals surface area contributed by atoms with Gasteiger partial charge in [0.2, 0.25) is 15.9 Å². The van der Waals surface area contributed by atoms with Gasteiger partial charge in [0.1, 0.15) is 11.6 Å². The van der Waals surface area contributed by atoms with Crippen molar-refractivity contribution < 1.29 is 26.4 Å². The van der Waals surface area contributed by atoms with Gasteiger partial charge in [-0.3, -0.25) is 9.10 Å². The van der Waals surface area contributed by atoms with E-state index in [9.17, 15) is 21.6 Å². The Hall–Kier alpha value is -2.92. The topological polar surface area (TPSA) is 122 Å². The fourth-order valence-electron chi connectivity index (χ4n) is 5.21. The van der Waals surface area contributed by atoms with Gasteiger partial charge in [0.25, 0.3) is 5.91 Å². The smallest absolute Gasteiger partial charge is 0.255 e. The first kappa shape index (κ1) is 30.0. The molecule has 11 heteroatoms. The maximum Gasteiger partial charge on any atom is 0.255 e. The van der Waals surface area contributed by atoms with Gasteiger partial charge in [0.15, 0.2) is 9.84 Å². The van der Waals surface area contributed by atoms with Crippen molar-refractivity contribution in [3.8, 4) is 0 Å². The molecule has 1 atom stereocenters. The summed E-state index contributed by atoms with van der Waals surface area (Å²) in [4.78, 5) is 17.6. The lowest BCUT2D eigenvalue weighted by Crippen LogP contribution is -2.32. The number of rotatable bonds is 11. The summed E-state index contributed by atoms with van der Waals surface area (Å²) in [5.41, 5.74) is 3.14. The van der Waals surface area contributed by atoms with Crippen LogP contribution in [0.3, 0.4) is 0 Å². The molecule has 1 N–H and O–H groups in total. The normalized spacial score (nSPS) is 22.4. The number of carbonyl (C=O) groups is 1. The lowest BCUT2D eigenvalue weighted by molar-refractivity contribution is -0.116. The maximum atomic E-state index is 13.1. The molecule has 9 nitrogen and oxygen atoms in total. The van der Waals surface area contributed by atoms with Crippen molar-refractivity contribution >= 4 is 37.4 Å². The van der Waals surface area contributed by atoms with Crippen LogP contribution in [-0.4, -0.2) is 63.8 Å². The number of nitrogens with zero attached hydrogens (tertiary/aromatic N) is 2. The molecule has 1 saturated carbocycles. The predicted molar refractivity (Wildman–Crippen MR) is 157 cm³/mol. The number of hydrogen-bond donors (Lipinski definition) is 1. The van der Waals surface area contributed by atoms with E-state index in [0.717, 1.165) is 36.7 Å². The summed E-state index contributed by atoms with van der Waals surface area (Å²) in [6.45, 7) is 8.10. The minimum atomic E-state index is -3.77. The lowest BCUT2D eigenvalue weighted by atomic mass is 10.0. The molecule has 1 unspecified atom stereocenters. The number of amides is 1. The summed E-state index contributed by atoms with van der Waals surface area (Å²) < 4.78 is 58.1. The highest BCUT2D eigenvalue weighted by atomic mass is 32.2. The number of carbonyl (C=O) groups excluding carboxylic acids is 1. The molecule has 1 aliphatic carbocycles. The Labute approximate surface area is 238 Å². The molecule has 0 radical (unpaired) electrons. The number of hydrogen-bond acceptors (Lipinski definition) is 7. The number of ether oxygens (including phenoxy) is 1. The number of aryl methyl sites for hydroxylation is 1. The van der Waals surface area contributed by atoms with Crippen LogP contribution in [0.2, 0.25) is 0 Å². The predicted octanol–water partition coefficient (Wildman–Crippen LogP) is 3.95. The van der Waals surface area contributed by atoms with Gasteiger partial charge in [-0.15, -0.1) is 0 Å². The number of aliphatic imine (C=N–C) groups is 1. The minimum Gasteiger partial charge on any atom is -0.437 e. The maximum absolute atomic E-state index is 13.1. The Balaban J connectivity index is 1.69. The molecular formula is C29H39N3O6S2. The second kappa shape index (κ2) is 11.9. The van der Waals surface area contributed by atoms with Gasteiger partial charge >= 0.3 is 0 Å². The minimum absolute atomic E-state index is 0.0650. The highest BCUT2D eigenvalue weighted by molar-refractivity contribution is 7.92. The molecule has 0 bridgehead atoms. The van der Waals surface area contributed by atoms with Crippen LogP contribution in [0, 0.1) is 5.92 Å². The van der Waals surface area contributed by atoms with Gasteiger partial charge < -0.3 is 10.1 Å². The molecule has 4 rings (SSSR count). The molecule has 2 heterocycles. The van der Waals surface area contributed by atoms with E-state index in [2.05, 4.69) is 18.8 Å². The average Bonchev–Trinajstić information content (AvgIpc) is 3.64. The fraction of sp³-hybridized carbons (Fsp3) is 0.517. The molecule has 2 aliphatic heterocycles. The van der Waals surface area contributed by atoms with E-state index in [4.69, 9.17) is 9.73 Å². The number of benzene rings is 1. The van der Waals surface area contributed by atoms with Crippen LogP contribution in [-0.2, 0) is 35.8 Å². The van der Waals surface area contributed by atoms with Crippen molar-refractivity contribution in [2.45, 2.75) is 64.0 Å². The molecular weight excluding hydrogens is 550 g/mol. The number of likely N-dealkylation sites (N-methyl/N-ethyl adjacent to an activating group) is 1. The molecule has 1 amide bonds. The van der Waals surface area contributed by atoms with E-state index in [0.29, 0.717) is 37.0 Å². The zero-order chi connectivity index (χ0) is 29.2. The summed E-state index contributed by atoms with van der Waals surface area (Å²) in [7, 11) is -5.37. The Morgan fingerprint density at radius 2 is 1.88 bits per heavy atom. The molecule has 218 valence electrons. The molecule has 1 aromatic carbocycles. The van der Waals surface area contributed by atoms with Gasteiger partial charge in [-0.05, 0) is 68.9 Å². The van der Waals surface area contributed by atoms with E-state index in [1.165, 1.54) is 11.4 Å². The van der Waals surface area contributed by atoms with Crippen LogP contribution < -0.4 is 5.32 Å². The molecule has 2 fully saturated rings. The first-order chi connectivity index (χ1) is 18.9. The number of nitrogens with one attached hydrogen (secondary N) is 1. The Bertz CT molecular complexity index is 1480. The third-order valence-corrected chi connectivity index (χ3v) is 11.3. The van der Waals surface area contributed by atoms with E-state index in [1.807, 2.05) is 31.2 Å². The SMILES string of the molecule is C=C1C(=NC(=C(C)C2CC2)N(CCCC2CCCS2(=O)=O)S(C)(=O)=O)OC(c2ccc(CC)cc2)=C1C(=O)NC. The first-order valence-corrected chi connectivity index (χ1v) is 17.4. The molecule has 40 heavy (non-hydrogen) atoms. The van der Waals surface area contributed by atoms with E-state index in [-0.39, 0.29) is 47.0 Å². The Morgan fingerprint density at radius 1 is 1.20 bits per heavy atom. The van der Waals surface area contributed by atoms with Crippen molar-refractivity contribution in [1.29, 1.82) is 0 Å². The number of sulfone groups is 1. The highest BCUT2D eigenvalue weighted by Crippen LogP contribution is 2.40. The van der Waals surface area contributed by atoms with Crippen LogP contribution in [0.4, 0.5) is 0 Å². The highest BCUT2D eigenvalue weighted by Gasteiger charge is 2.36. The van der Waals surface area contributed by atoms with Crippen LogP contribution in [0.5, 0.6) is 0 Å². The van der Waals surface area contributed by atoms with Gasteiger partial charge in [-0.25, -0.2) is 16.8 Å². The summed E-state index contributed by atoms with van der Waals surface area (Å²) in [5, 5.41) is 2.20. The van der Waals surface area contributed by atoms with E-state index >= 15 is 0 Å². The average molecular weight is 590 g/mol. The third kappa shape index (κ3) is 6.52. The quantitative estimate of drug-likeness (QED) is 0.417. The van der Waals surface area contributed by atoms with Crippen molar-refractivity contribution in [3.63, 3.8) is 0 Å². The molecule has 0 spiro atoms. The largest absolute Gasteiger partial charge is 0.437 e. The number of sulfonamides is 1. The second-order valence-corrected chi connectivity index (χ2v) is 15.0. The Kier molecular flexibility index (Phi) is 8.94.